The first-order valence-electron chi connectivity index (χ1n) is 7.79. The number of hydrogen-bond acceptors (Lipinski definition) is 5. The summed E-state index contributed by atoms with van der Waals surface area (Å²) in [6.45, 7) is 6.65. The molecule has 7 nitrogen and oxygen atoms in total. The van der Waals surface area contributed by atoms with E-state index in [4.69, 9.17) is 4.74 Å². The van der Waals surface area contributed by atoms with E-state index >= 15 is 0 Å². The summed E-state index contributed by atoms with van der Waals surface area (Å²) >= 11 is 0. The van der Waals surface area contributed by atoms with Crippen molar-refractivity contribution in [1.29, 1.82) is 0 Å². The van der Waals surface area contributed by atoms with E-state index in [9.17, 15) is 9.59 Å². The fourth-order valence-electron chi connectivity index (χ4n) is 2.59. The van der Waals surface area contributed by atoms with E-state index in [0.29, 0.717) is 18.8 Å². The third-order valence-electron chi connectivity index (χ3n) is 3.62. The van der Waals surface area contributed by atoms with Crippen LogP contribution in [0, 0.1) is 0 Å². The van der Waals surface area contributed by atoms with Gasteiger partial charge in [0.1, 0.15) is 11.3 Å². The van der Waals surface area contributed by atoms with Crippen LogP contribution in [0.15, 0.2) is 18.6 Å². The number of likely N-dealkylation sites (tertiary alicyclic amines) is 1. The zero-order valence-electron chi connectivity index (χ0n) is 14.2. The minimum absolute atomic E-state index is 0.0320. The maximum atomic E-state index is 12.3. The lowest BCUT2D eigenvalue weighted by Gasteiger charge is -2.30. The van der Waals surface area contributed by atoms with Crippen LogP contribution in [0.1, 0.15) is 44.1 Å². The quantitative estimate of drug-likeness (QED) is 0.851. The van der Waals surface area contributed by atoms with E-state index in [2.05, 4.69) is 9.97 Å². The molecule has 7 heteroatoms. The summed E-state index contributed by atoms with van der Waals surface area (Å²) in [6, 6.07) is -0.0320. The van der Waals surface area contributed by atoms with Crippen LogP contribution in [0.3, 0.4) is 0 Å². The third kappa shape index (κ3) is 4.64. The van der Waals surface area contributed by atoms with Crippen molar-refractivity contribution in [3.05, 3.63) is 24.3 Å². The SMILES string of the molecule is CN(CC1CCCN1C(=O)OC(C)(C)C)C(=O)c1cnccn1. The Kier molecular flexibility index (Phi) is 5.18. The van der Waals surface area contributed by atoms with E-state index in [1.165, 1.54) is 18.6 Å². The Morgan fingerprint density at radius 2 is 2.13 bits per heavy atom. The summed E-state index contributed by atoms with van der Waals surface area (Å²) in [7, 11) is 1.71. The molecule has 0 spiro atoms. The molecule has 23 heavy (non-hydrogen) atoms. The van der Waals surface area contributed by atoms with Crippen molar-refractivity contribution < 1.29 is 14.3 Å². The molecule has 0 saturated carbocycles. The summed E-state index contributed by atoms with van der Waals surface area (Å²) in [5.41, 5.74) is -0.220. The Hall–Kier alpha value is -2.18. The van der Waals surface area contributed by atoms with Crippen LogP contribution >= 0.6 is 0 Å². The smallest absolute Gasteiger partial charge is 0.410 e. The third-order valence-corrected chi connectivity index (χ3v) is 3.62. The topological polar surface area (TPSA) is 75.6 Å². The van der Waals surface area contributed by atoms with Crippen LogP contribution in [0.5, 0.6) is 0 Å². The number of carbonyl (C=O) groups excluding carboxylic acids is 2. The summed E-state index contributed by atoms with van der Waals surface area (Å²) in [5, 5.41) is 0. The summed E-state index contributed by atoms with van der Waals surface area (Å²) < 4.78 is 5.44. The van der Waals surface area contributed by atoms with Gasteiger partial charge in [-0.3, -0.25) is 9.78 Å². The minimum Gasteiger partial charge on any atom is -0.444 e. The van der Waals surface area contributed by atoms with Crippen molar-refractivity contribution in [3.63, 3.8) is 0 Å². The summed E-state index contributed by atoms with van der Waals surface area (Å²) in [6.07, 6.45) is 5.91. The summed E-state index contributed by atoms with van der Waals surface area (Å²) in [4.78, 5) is 35.8. The molecule has 0 radical (unpaired) electrons. The number of ether oxygens (including phenoxy) is 1. The number of hydrogen-bond donors (Lipinski definition) is 0. The van der Waals surface area contributed by atoms with Crippen molar-refractivity contribution in [2.45, 2.75) is 45.3 Å². The van der Waals surface area contributed by atoms with Gasteiger partial charge in [0, 0.05) is 32.5 Å². The van der Waals surface area contributed by atoms with Crippen LogP contribution in [0.2, 0.25) is 0 Å². The average Bonchev–Trinajstić information content (AvgIpc) is 2.94. The maximum Gasteiger partial charge on any atom is 0.410 e. The maximum absolute atomic E-state index is 12.3. The van der Waals surface area contributed by atoms with E-state index in [1.54, 1.807) is 16.8 Å². The largest absolute Gasteiger partial charge is 0.444 e. The Morgan fingerprint density at radius 3 is 2.74 bits per heavy atom. The van der Waals surface area contributed by atoms with Gasteiger partial charge in [-0.25, -0.2) is 9.78 Å². The molecule has 0 aliphatic carbocycles. The Morgan fingerprint density at radius 1 is 1.39 bits per heavy atom. The van der Waals surface area contributed by atoms with Crippen molar-refractivity contribution in [2.75, 3.05) is 20.1 Å². The first-order valence-corrected chi connectivity index (χ1v) is 7.79. The van der Waals surface area contributed by atoms with Crippen molar-refractivity contribution >= 4 is 12.0 Å². The molecule has 0 aromatic carbocycles. The highest BCUT2D eigenvalue weighted by Crippen LogP contribution is 2.21. The van der Waals surface area contributed by atoms with Crippen LogP contribution < -0.4 is 0 Å². The molecule has 1 aromatic heterocycles. The first kappa shape index (κ1) is 17.2. The van der Waals surface area contributed by atoms with Gasteiger partial charge in [0.05, 0.1) is 12.2 Å². The lowest BCUT2D eigenvalue weighted by atomic mass is 10.2. The van der Waals surface area contributed by atoms with Gasteiger partial charge >= 0.3 is 6.09 Å². The number of nitrogens with zero attached hydrogens (tertiary/aromatic N) is 4. The fourth-order valence-corrected chi connectivity index (χ4v) is 2.59. The van der Waals surface area contributed by atoms with E-state index in [1.807, 2.05) is 20.8 Å². The summed E-state index contributed by atoms with van der Waals surface area (Å²) in [5.74, 6) is -0.200. The van der Waals surface area contributed by atoms with Gasteiger partial charge in [-0.2, -0.15) is 0 Å². The highest BCUT2D eigenvalue weighted by Gasteiger charge is 2.33. The van der Waals surface area contributed by atoms with Gasteiger partial charge in [-0.1, -0.05) is 0 Å². The second kappa shape index (κ2) is 6.93. The van der Waals surface area contributed by atoms with Gasteiger partial charge < -0.3 is 14.5 Å². The predicted molar refractivity (Wildman–Crippen MR) is 85.0 cm³/mol. The Labute approximate surface area is 136 Å². The molecule has 1 aromatic rings. The van der Waals surface area contributed by atoms with Crippen LogP contribution in [0.4, 0.5) is 4.79 Å². The minimum atomic E-state index is -0.522. The van der Waals surface area contributed by atoms with Gasteiger partial charge in [0.25, 0.3) is 5.91 Å². The molecule has 126 valence electrons. The highest BCUT2D eigenvalue weighted by atomic mass is 16.6. The second-order valence-electron chi connectivity index (χ2n) is 6.75. The molecule has 0 bridgehead atoms. The second-order valence-corrected chi connectivity index (χ2v) is 6.75. The molecule has 1 saturated heterocycles. The molecule has 1 aliphatic heterocycles. The van der Waals surface area contributed by atoms with Gasteiger partial charge in [-0.15, -0.1) is 0 Å². The standard InChI is InChI=1S/C16H24N4O3/c1-16(2,3)23-15(22)20-9-5-6-12(20)11-19(4)14(21)13-10-17-7-8-18-13/h7-8,10,12H,5-6,9,11H2,1-4H3. The Balaban J connectivity index is 1.98. The zero-order chi connectivity index (χ0) is 17.0. The van der Waals surface area contributed by atoms with Gasteiger partial charge in [0.15, 0.2) is 0 Å². The lowest BCUT2D eigenvalue weighted by Crippen LogP contribution is -2.45. The Bertz CT molecular complexity index is 556. The molecular weight excluding hydrogens is 296 g/mol. The highest BCUT2D eigenvalue weighted by molar-refractivity contribution is 5.91. The van der Waals surface area contributed by atoms with Crippen LogP contribution in [-0.2, 0) is 4.74 Å². The zero-order valence-corrected chi connectivity index (χ0v) is 14.2. The molecule has 1 aliphatic rings. The van der Waals surface area contributed by atoms with E-state index < -0.39 is 5.60 Å². The van der Waals surface area contributed by atoms with Gasteiger partial charge in [-0.05, 0) is 33.6 Å². The molecule has 2 heterocycles. The molecular formula is C16H24N4O3. The number of likely N-dealkylation sites (N-methyl/N-ethyl adjacent to an activating group) is 1. The first-order chi connectivity index (χ1) is 10.8. The number of amides is 2. The number of rotatable bonds is 3. The molecule has 1 fully saturated rings. The fraction of sp³-hybridized carbons (Fsp3) is 0.625. The van der Waals surface area contributed by atoms with E-state index in [0.717, 1.165) is 12.8 Å². The van der Waals surface area contributed by atoms with Gasteiger partial charge in [0.2, 0.25) is 0 Å². The molecule has 1 atom stereocenters. The van der Waals surface area contributed by atoms with Crippen LogP contribution in [-0.4, -0.2) is 63.5 Å². The molecule has 0 N–H and O–H groups in total. The lowest BCUT2D eigenvalue weighted by molar-refractivity contribution is 0.0199. The van der Waals surface area contributed by atoms with Crippen molar-refractivity contribution in [2.24, 2.45) is 0 Å². The normalized spacial score (nSPS) is 17.9. The average molecular weight is 320 g/mol. The van der Waals surface area contributed by atoms with Crippen LogP contribution in [0.25, 0.3) is 0 Å². The molecule has 1 unspecified atom stereocenters. The predicted octanol–water partition coefficient (Wildman–Crippen LogP) is 1.95. The van der Waals surface area contributed by atoms with Crippen molar-refractivity contribution in [1.82, 2.24) is 19.8 Å². The number of aromatic nitrogens is 2. The van der Waals surface area contributed by atoms with Crippen molar-refractivity contribution in [3.8, 4) is 0 Å². The molecule has 2 amide bonds. The monoisotopic (exact) mass is 320 g/mol. The molecule has 2 rings (SSSR count). The van der Waals surface area contributed by atoms with E-state index in [-0.39, 0.29) is 18.0 Å². The number of carbonyl (C=O) groups is 2.